The predicted molar refractivity (Wildman–Crippen MR) is 119 cm³/mol. The second-order valence-electron chi connectivity index (χ2n) is 7.87. The van der Waals surface area contributed by atoms with Crippen LogP contribution in [0.5, 0.6) is 5.75 Å². The molecule has 1 saturated heterocycles. The largest absolute Gasteiger partial charge is 0.489 e. The maximum Gasteiger partial charge on any atom is 0.276 e. The normalized spacial score (nSPS) is 14.6. The topological polar surface area (TPSA) is 58.8 Å². The minimum absolute atomic E-state index is 0.109. The molecule has 0 spiro atoms. The second-order valence-corrected chi connectivity index (χ2v) is 8.30. The van der Waals surface area contributed by atoms with E-state index in [1.165, 1.54) is 11.1 Å². The molecule has 1 fully saturated rings. The van der Waals surface area contributed by atoms with E-state index in [0.717, 1.165) is 30.4 Å². The van der Waals surface area contributed by atoms with Gasteiger partial charge >= 0.3 is 0 Å². The number of hydrogen-bond donors (Lipinski definition) is 0. The number of carbonyl (C=O) groups excluding carboxylic acids is 1. The van der Waals surface area contributed by atoms with E-state index in [1.54, 1.807) is 6.92 Å². The van der Waals surface area contributed by atoms with Crippen LogP contribution in [-0.4, -0.2) is 47.0 Å². The van der Waals surface area contributed by atoms with Gasteiger partial charge in [0.15, 0.2) is 5.69 Å². The Morgan fingerprint density at radius 3 is 2.55 bits per heavy atom. The Balaban J connectivity index is 1.36. The highest BCUT2D eigenvalue weighted by Crippen LogP contribution is 2.21. The first kappa shape index (κ1) is 21.4. The summed E-state index contributed by atoms with van der Waals surface area (Å²) in [6.07, 6.45) is 0. The summed E-state index contributed by atoms with van der Waals surface area (Å²) in [5.74, 6) is 1.25. The molecule has 0 unspecified atom stereocenters. The lowest BCUT2D eigenvalue weighted by Crippen LogP contribution is -2.48. The van der Waals surface area contributed by atoms with Crippen molar-refractivity contribution in [3.05, 3.63) is 81.7 Å². The highest BCUT2D eigenvalue weighted by atomic mass is 35.5. The molecule has 1 aliphatic heterocycles. The summed E-state index contributed by atoms with van der Waals surface area (Å²) in [5.41, 5.74) is 3.38. The molecule has 1 amide bonds. The van der Waals surface area contributed by atoms with E-state index in [9.17, 15) is 4.79 Å². The lowest BCUT2D eigenvalue weighted by molar-refractivity contribution is 0.0616. The number of carbonyl (C=O) groups is 1. The predicted octanol–water partition coefficient (Wildman–Crippen LogP) is 4.48. The molecular formula is C24H26ClN3O3. The van der Waals surface area contributed by atoms with E-state index in [1.807, 2.05) is 54.3 Å². The van der Waals surface area contributed by atoms with Crippen molar-refractivity contribution in [1.29, 1.82) is 0 Å². The summed E-state index contributed by atoms with van der Waals surface area (Å²) >= 11 is 6.09. The third-order valence-corrected chi connectivity index (χ3v) is 5.78. The van der Waals surface area contributed by atoms with Crippen LogP contribution in [0.1, 0.15) is 32.9 Å². The van der Waals surface area contributed by atoms with Crippen molar-refractivity contribution in [3.63, 3.8) is 0 Å². The molecule has 0 atom stereocenters. The molecule has 0 N–H and O–H groups in total. The number of halogens is 1. The Kier molecular flexibility index (Phi) is 6.59. The second kappa shape index (κ2) is 9.54. The number of piperazine rings is 1. The third kappa shape index (κ3) is 5.27. The van der Waals surface area contributed by atoms with Gasteiger partial charge in [-0.3, -0.25) is 9.69 Å². The zero-order valence-electron chi connectivity index (χ0n) is 17.8. The summed E-state index contributed by atoms with van der Waals surface area (Å²) in [6, 6.07) is 15.7. The van der Waals surface area contributed by atoms with Gasteiger partial charge in [0.2, 0.25) is 0 Å². The summed E-state index contributed by atoms with van der Waals surface area (Å²) in [6.45, 7) is 7.77. The fourth-order valence-electron chi connectivity index (χ4n) is 3.67. The van der Waals surface area contributed by atoms with E-state index in [0.29, 0.717) is 30.1 Å². The number of amides is 1. The van der Waals surface area contributed by atoms with Gasteiger partial charge in [-0.05, 0) is 43.7 Å². The molecule has 2 heterocycles. The van der Waals surface area contributed by atoms with Crippen molar-refractivity contribution < 1.29 is 14.1 Å². The molecule has 1 aromatic heterocycles. The Morgan fingerprint density at radius 1 is 1.10 bits per heavy atom. The Labute approximate surface area is 187 Å². The molecule has 0 saturated carbocycles. The quantitative estimate of drug-likeness (QED) is 0.566. The van der Waals surface area contributed by atoms with Gasteiger partial charge in [-0.2, -0.15) is 0 Å². The van der Waals surface area contributed by atoms with Gasteiger partial charge in [0.05, 0.1) is 5.56 Å². The van der Waals surface area contributed by atoms with Crippen LogP contribution in [0.3, 0.4) is 0 Å². The molecule has 1 aliphatic rings. The van der Waals surface area contributed by atoms with Crippen LogP contribution in [0.2, 0.25) is 5.02 Å². The van der Waals surface area contributed by atoms with Crippen LogP contribution in [0.15, 0.2) is 53.1 Å². The van der Waals surface area contributed by atoms with E-state index in [4.69, 9.17) is 20.9 Å². The van der Waals surface area contributed by atoms with Gasteiger partial charge in [-0.1, -0.05) is 46.6 Å². The van der Waals surface area contributed by atoms with Crippen LogP contribution < -0.4 is 4.74 Å². The molecule has 162 valence electrons. The molecule has 31 heavy (non-hydrogen) atoms. The van der Waals surface area contributed by atoms with Crippen molar-refractivity contribution >= 4 is 17.5 Å². The van der Waals surface area contributed by atoms with Crippen LogP contribution >= 0.6 is 11.6 Å². The van der Waals surface area contributed by atoms with E-state index < -0.39 is 0 Å². The average Bonchev–Trinajstić information content (AvgIpc) is 3.14. The molecule has 0 aliphatic carbocycles. The summed E-state index contributed by atoms with van der Waals surface area (Å²) in [4.78, 5) is 17.3. The number of hydrogen-bond acceptors (Lipinski definition) is 5. The fourth-order valence-corrected chi connectivity index (χ4v) is 3.88. The van der Waals surface area contributed by atoms with Crippen molar-refractivity contribution in [2.24, 2.45) is 0 Å². The molecule has 3 aromatic rings. The van der Waals surface area contributed by atoms with Crippen LogP contribution in [-0.2, 0) is 13.2 Å². The smallest absolute Gasteiger partial charge is 0.276 e. The number of ether oxygens (including phenoxy) is 1. The van der Waals surface area contributed by atoms with E-state index in [-0.39, 0.29) is 12.5 Å². The van der Waals surface area contributed by atoms with E-state index in [2.05, 4.69) is 16.1 Å². The zero-order valence-corrected chi connectivity index (χ0v) is 18.6. The van der Waals surface area contributed by atoms with Gasteiger partial charge in [0.25, 0.3) is 5.91 Å². The average molecular weight is 440 g/mol. The Morgan fingerprint density at radius 2 is 1.84 bits per heavy atom. The number of aromatic nitrogens is 1. The first-order valence-electron chi connectivity index (χ1n) is 10.4. The van der Waals surface area contributed by atoms with Crippen molar-refractivity contribution in [1.82, 2.24) is 15.0 Å². The molecular weight excluding hydrogens is 414 g/mol. The van der Waals surface area contributed by atoms with Crippen LogP contribution in [0.4, 0.5) is 0 Å². The summed E-state index contributed by atoms with van der Waals surface area (Å²) in [5, 5.41) is 4.78. The fraction of sp³-hybridized carbons (Fsp3) is 0.333. The van der Waals surface area contributed by atoms with Gasteiger partial charge < -0.3 is 14.2 Å². The minimum Gasteiger partial charge on any atom is -0.489 e. The molecule has 0 radical (unpaired) electrons. The zero-order chi connectivity index (χ0) is 21.8. The van der Waals surface area contributed by atoms with Gasteiger partial charge in [0, 0.05) is 37.7 Å². The van der Waals surface area contributed by atoms with Gasteiger partial charge in [-0.25, -0.2) is 0 Å². The highest BCUT2D eigenvalue weighted by Gasteiger charge is 2.28. The number of nitrogens with zero attached hydrogens (tertiary/aromatic N) is 3. The Hall–Kier alpha value is -2.83. The molecule has 0 bridgehead atoms. The maximum absolute atomic E-state index is 13.1. The first-order valence-corrected chi connectivity index (χ1v) is 10.8. The summed E-state index contributed by atoms with van der Waals surface area (Å²) < 4.78 is 11.2. The lowest BCUT2D eigenvalue weighted by atomic mass is 10.1. The standard InChI is InChI=1S/C24H26ClN3O3/c1-17-6-8-21(9-7-17)30-16-22-18(2)31-26-23(22)24(29)28-12-10-27(11-13-28)15-19-4-3-5-20(25)14-19/h3-9,14H,10-13,15-16H2,1-2H3. The third-order valence-electron chi connectivity index (χ3n) is 5.55. The highest BCUT2D eigenvalue weighted by molar-refractivity contribution is 6.30. The van der Waals surface area contributed by atoms with Crippen molar-refractivity contribution in [3.8, 4) is 5.75 Å². The van der Waals surface area contributed by atoms with Gasteiger partial charge in [0.1, 0.15) is 18.1 Å². The number of benzene rings is 2. The SMILES string of the molecule is Cc1ccc(OCc2c(C(=O)N3CCN(Cc4cccc(Cl)c4)CC3)noc2C)cc1. The first-order chi connectivity index (χ1) is 15.0. The Bertz CT molecular complexity index is 1040. The van der Waals surface area contributed by atoms with Crippen molar-refractivity contribution in [2.45, 2.75) is 27.0 Å². The molecule has 2 aromatic carbocycles. The minimum atomic E-state index is -0.109. The molecule has 6 nitrogen and oxygen atoms in total. The van der Waals surface area contributed by atoms with Crippen LogP contribution in [0, 0.1) is 13.8 Å². The lowest BCUT2D eigenvalue weighted by Gasteiger charge is -2.34. The van der Waals surface area contributed by atoms with E-state index >= 15 is 0 Å². The maximum atomic E-state index is 13.1. The number of aryl methyl sites for hydroxylation is 2. The summed E-state index contributed by atoms with van der Waals surface area (Å²) in [7, 11) is 0. The molecule has 7 heteroatoms. The van der Waals surface area contributed by atoms with Gasteiger partial charge in [-0.15, -0.1) is 0 Å². The van der Waals surface area contributed by atoms with Crippen molar-refractivity contribution in [2.75, 3.05) is 26.2 Å². The number of rotatable bonds is 6. The monoisotopic (exact) mass is 439 g/mol. The van der Waals surface area contributed by atoms with Crippen LogP contribution in [0.25, 0.3) is 0 Å². The molecule has 4 rings (SSSR count).